The minimum atomic E-state index is 0. The number of carbonyl (C=O) groups is 1. The fourth-order valence-electron chi connectivity index (χ4n) is 2.33. The van der Waals surface area contributed by atoms with E-state index in [2.05, 4.69) is 5.32 Å². The Balaban J connectivity index is 0.00000361. The summed E-state index contributed by atoms with van der Waals surface area (Å²) in [6, 6.07) is 0. The molecule has 1 rings (SSSR count). The normalized spacial score (nSPS) is 16.0. The molecule has 6 heteroatoms. The van der Waals surface area contributed by atoms with Crippen LogP contribution in [0.4, 0.5) is 0 Å². The Morgan fingerprint density at radius 2 is 1.90 bits per heavy atom. The lowest BCUT2D eigenvalue weighted by atomic mass is 9.93. The Labute approximate surface area is 128 Å². The van der Waals surface area contributed by atoms with Gasteiger partial charge >= 0.3 is 0 Å². The fourth-order valence-corrected chi connectivity index (χ4v) is 2.33. The highest BCUT2D eigenvalue weighted by atomic mass is 35.5. The number of hydrogen-bond acceptors (Lipinski definition) is 4. The van der Waals surface area contributed by atoms with Crippen LogP contribution < -0.4 is 5.32 Å². The zero-order valence-corrected chi connectivity index (χ0v) is 13.5. The molecule has 0 radical (unpaired) electrons. The molecule has 0 atom stereocenters. The van der Waals surface area contributed by atoms with Crippen molar-refractivity contribution in [2.24, 2.45) is 5.92 Å². The summed E-state index contributed by atoms with van der Waals surface area (Å²) in [6.45, 7) is 6.71. The van der Waals surface area contributed by atoms with E-state index in [-0.39, 0.29) is 24.9 Å². The van der Waals surface area contributed by atoms with Gasteiger partial charge in [-0.05, 0) is 45.7 Å². The molecule has 0 unspecified atom stereocenters. The van der Waals surface area contributed by atoms with Gasteiger partial charge in [-0.3, -0.25) is 4.79 Å². The third kappa shape index (κ3) is 8.04. The minimum absolute atomic E-state index is 0. The topological polar surface area (TPSA) is 50.8 Å². The van der Waals surface area contributed by atoms with Crippen LogP contribution in [0.15, 0.2) is 0 Å². The number of piperidine rings is 1. The summed E-state index contributed by atoms with van der Waals surface area (Å²) in [5.41, 5.74) is 0. The molecule has 20 heavy (non-hydrogen) atoms. The predicted molar refractivity (Wildman–Crippen MR) is 82.4 cm³/mol. The number of carbonyl (C=O) groups excluding carboxylic acids is 1. The maximum atomic E-state index is 11.9. The smallest absolute Gasteiger partial charge is 0.248 e. The summed E-state index contributed by atoms with van der Waals surface area (Å²) in [5.74, 6) is 0.874. The van der Waals surface area contributed by atoms with Gasteiger partial charge in [-0.1, -0.05) is 0 Å². The number of likely N-dealkylation sites (tertiary alicyclic amines) is 1. The Kier molecular flexibility index (Phi) is 12.2. The SMILES string of the molecule is CCOCCOCC(=O)N1CCC(CCNC)CC1.Cl. The molecule has 1 aliphatic heterocycles. The van der Waals surface area contributed by atoms with Crippen LogP contribution in [0, 0.1) is 5.92 Å². The molecule has 1 fully saturated rings. The van der Waals surface area contributed by atoms with Crippen molar-refractivity contribution in [3.05, 3.63) is 0 Å². The Morgan fingerprint density at radius 3 is 2.50 bits per heavy atom. The van der Waals surface area contributed by atoms with Crippen molar-refractivity contribution in [1.29, 1.82) is 0 Å². The molecule has 1 aliphatic rings. The maximum absolute atomic E-state index is 11.9. The van der Waals surface area contributed by atoms with Crippen LogP contribution in [0.1, 0.15) is 26.2 Å². The lowest BCUT2D eigenvalue weighted by molar-refractivity contribution is -0.138. The van der Waals surface area contributed by atoms with Gasteiger partial charge in [0.2, 0.25) is 5.91 Å². The third-order valence-electron chi connectivity index (χ3n) is 3.57. The average molecular weight is 309 g/mol. The number of amides is 1. The van der Waals surface area contributed by atoms with E-state index in [1.165, 1.54) is 6.42 Å². The molecule has 0 aromatic carbocycles. The highest BCUT2D eigenvalue weighted by Crippen LogP contribution is 2.19. The Morgan fingerprint density at radius 1 is 1.25 bits per heavy atom. The van der Waals surface area contributed by atoms with Gasteiger partial charge in [0.05, 0.1) is 13.2 Å². The van der Waals surface area contributed by atoms with Crippen LogP contribution >= 0.6 is 12.4 Å². The lowest BCUT2D eigenvalue weighted by Crippen LogP contribution is -2.41. The van der Waals surface area contributed by atoms with E-state index in [1.54, 1.807) is 0 Å². The van der Waals surface area contributed by atoms with Crippen molar-refractivity contribution in [2.45, 2.75) is 26.2 Å². The molecule has 5 nitrogen and oxygen atoms in total. The molecule has 0 aromatic rings. The molecule has 120 valence electrons. The van der Waals surface area contributed by atoms with Crippen molar-refractivity contribution < 1.29 is 14.3 Å². The second-order valence-corrected chi connectivity index (χ2v) is 4.97. The van der Waals surface area contributed by atoms with Crippen LogP contribution in [0.25, 0.3) is 0 Å². The summed E-state index contributed by atoms with van der Waals surface area (Å²) < 4.78 is 10.5. The highest BCUT2D eigenvalue weighted by molar-refractivity contribution is 5.85. The number of ether oxygens (including phenoxy) is 2. The second kappa shape index (κ2) is 12.4. The molecule has 1 saturated heterocycles. The number of nitrogens with one attached hydrogen (secondary N) is 1. The Hall–Kier alpha value is -0.360. The predicted octanol–water partition coefficient (Wildman–Crippen LogP) is 1.31. The maximum Gasteiger partial charge on any atom is 0.248 e. The van der Waals surface area contributed by atoms with E-state index in [1.807, 2.05) is 18.9 Å². The van der Waals surface area contributed by atoms with Gasteiger partial charge in [0, 0.05) is 19.7 Å². The van der Waals surface area contributed by atoms with E-state index in [0.717, 1.165) is 38.4 Å². The zero-order valence-electron chi connectivity index (χ0n) is 12.7. The number of rotatable bonds is 9. The average Bonchev–Trinajstić information content (AvgIpc) is 2.45. The van der Waals surface area contributed by atoms with Gasteiger partial charge < -0.3 is 19.7 Å². The highest BCUT2D eigenvalue weighted by Gasteiger charge is 2.22. The first-order chi connectivity index (χ1) is 9.27. The summed E-state index contributed by atoms with van der Waals surface area (Å²) in [4.78, 5) is 13.8. The molecule has 0 saturated carbocycles. The largest absolute Gasteiger partial charge is 0.379 e. The molecular weight excluding hydrogens is 280 g/mol. The molecule has 1 amide bonds. The molecule has 0 aliphatic carbocycles. The van der Waals surface area contributed by atoms with Crippen molar-refractivity contribution in [3.63, 3.8) is 0 Å². The van der Waals surface area contributed by atoms with E-state index in [9.17, 15) is 4.79 Å². The third-order valence-corrected chi connectivity index (χ3v) is 3.57. The van der Waals surface area contributed by atoms with Crippen LogP contribution in [0.5, 0.6) is 0 Å². The van der Waals surface area contributed by atoms with Gasteiger partial charge in [-0.2, -0.15) is 0 Å². The fraction of sp³-hybridized carbons (Fsp3) is 0.929. The monoisotopic (exact) mass is 308 g/mol. The molecule has 0 spiro atoms. The van der Waals surface area contributed by atoms with Crippen LogP contribution in [-0.4, -0.2) is 63.9 Å². The number of nitrogens with zero attached hydrogens (tertiary/aromatic N) is 1. The van der Waals surface area contributed by atoms with Crippen molar-refractivity contribution in [3.8, 4) is 0 Å². The van der Waals surface area contributed by atoms with E-state index in [4.69, 9.17) is 9.47 Å². The summed E-state index contributed by atoms with van der Waals surface area (Å²) in [6.07, 6.45) is 3.45. The summed E-state index contributed by atoms with van der Waals surface area (Å²) in [5, 5.41) is 3.18. The first-order valence-corrected chi connectivity index (χ1v) is 7.35. The lowest BCUT2D eigenvalue weighted by Gasteiger charge is -2.32. The van der Waals surface area contributed by atoms with Gasteiger partial charge in [0.25, 0.3) is 0 Å². The molecule has 0 aromatic heterocycles. The van der Waals surface area contributed by atoms with Crippen molar-refractivity contribution in [1.82, 2.24) is 10.2 Å². The van der Waals surface area contributed by atoms with Gasteiger partial charge in [-0.15, -0.1) is 12.4 Å². The first kappa shape index (κ1) is 19.6. The second-order valence-electron chi connectivity index (χ2n) is 4.97. The van der Waals surface area contributed by atoms with E-state index < -0.39 is 0 Å². The van der Waals surface area contributed by atoms with Crippen LogP contribution in [0.3, 0.4) is 0 Å². The number of halogens is 1. The molecule has 1 heterocycles. The van der Waals surface area contributed by atoms with Gasteiger partial charge in [-0.25, -0.2) is 0 Å². The number of hydrogen-bond donors (Lipinski definition) is 1. The van der Waals surface area contributed by atoms with Crippen LogP contribution in [-0.2, 0) is 14.3 Å². The molecule has 0 bridgehead atoms. The Bertz CT molecular complexity index is 247. The van der Waals surface area contributed by atoms with Crippen molar-refractivity contribution >= 4 is 18.3 Å². The standard InChI is InChI=1S/C14H28N2O3.ClH/c1-3-18-10-11-19-12-14(17)16-8-5-13(6-9-16)4-7-15-2;/h13,15H,3-12H2,1-2H3;1H. The first-order valence-electron chi connectivity index (χ1n) is 7.35. The summed E-state index contributed by atoms with van der Waals surface area (Å²) in [7, 11) is 1.98. The summed E-state index contributed by atoms with van der Waals surface area (Å²) >= 11 is 0. The molecular formula is C14H29ClN2O3. The van der Waals surface area contributed by atoms with E-state index in [0.29, 0.717) is 19.8 Å². The minimum Gasteiger partial charge on any atom is -0.379 e. The van der Waals surface area contributed by atoms with E-state index >= 15 is 0 Å². The van der Waals surface area contributed by atoms with Gasteiger partial charge in [0.1, 0.15) is 6.61 Å². The molecule has 1 N–H and O–H groups in total. The van der Waals surface area contributed by atoms with Gasteiger partial charge in [0.15, 0.2) is 0 Å². The van der Waals surface area contributed by atoms with Crippen molar-refractivity contribution in [2.75, 3.05) is 53.1 Å². The zero-order chi connectivity index (χ0) is 13.9. The van der Waals surface area contributed by atoms with Crippen LogP contribution in [0.2, 0.25) is 0 Å². The quantitative estimate of drug-likeness (QED) is 0.653.